The highest BCUT2D eigenvalue weighted by atomic mass is 32.1. The van der Waals surface area contributed by atoms with Crippen molar-refractivity contribution in [2.24, 2.45) is 0 Å². The number of fused-ring (bicyclic) bond motifs is 1. The van der Waals surface area contributed by atoms with Crippen LogP contribution in [-0.4, -0.2) is 23.2 Å². The minimum atomic E-state index is -0.820. The van der Waals surface area contributed by atoms with Gasteiger partial charge in [0.15, 0.2) is 0 Å². The van der Waals surface area contributed by atoms with Gasteiger partial charge in [-0.3, -0.25) is 4.79 Å². The van der Waals surface area contributed by atoms with Crippen molar-refractivity contribution in [1.82, 2.24) is 5.32 Å². The summed E-state index contributed by atoms with van der Waals surface area (Å²) in [7, 11) is 0. The second kappa shape index (κ2) is 5.38. The lowest BCUT2D eigenvalue weighted by atomic mass is 10.0. The molecule has 0 radical (unpaired) electrons. The first kappa shape index (κ1) is 13.5. The van der Waals surface area contributed by atoms with Gasteiger partial charge in [0.05, 0.1) is 10.5 Å². The molecule has 2 rings (SSSR count). The minimum absolute atomic E-state index is 0.0974. The molecule has 18 heavy (non-hydrogen) atoms. The molecule has 2 heterocycles. The molecule has 0 aliphatic heterocycles. The molecule has 1 unspecified atom stereocenters. The van der Waals surface area contributed by atoms with Crippen molar-refractivity contribution < 1.29 is 9.90 Å². The third-order valence-corrected chi connectivity index (χ3v) is 4.87. The van der Waals surface area contributed by atoms with E-state index in [9.17, 15) is 9.90 Å². The van der Waals surface area contributed by atoms with Crippen LogP contribution in [0.1, 0.15) is 36.4 Å². The zero-order valence-corrected chi connectivity index (χ0v) is 12.2. The summed E-state index contributed by atoms with van der Waals surface area (Å²) >= 11 is 3.13. The Hall–Kier alpha value is -0.910. The molecule has 98 valence electrons. The molecule has 3 nitrogen and oxygen atoms in total. The van der Waals surface area contributed by atoms with Gasteiger partial charge in [-0.2, -0.15) is 0 Å². The highest BCUT2D eigenvalue weighted by Crippen LogP contribution is 2.29. The van der Waals surface area contributed by atoms with E-state index in [1.807, 2.05) is 24.4 Å². The lowest BCUT2D eigenvalue weighted by Crippen LogP contribution is -2.40. The van der Waals surface area contributed by atoms with Crippen LogP contribution in [0.2, 0.25) is 0 Å². The van der Waals surface area contributed by atoms with Gasteiger partial charge in [0.1, 0.15) is 0 Å². The minimum Gasteiger partial charge on any atom is -0.388 e. The maximum Gasteiger partial charge on any atom is 0.261 e. The third kappa shape index (κ3) is 3.10. The van der Waals surface area contributed by atoms with Crippen molar-refractivity contribution in [1.29, 1.82) is 0 Å². The predicted molar refractivity (Wildman–Crippen MR) is 77.6 cm³/mol. The first-order chi connectivity index (χ1) is 8.52. The Kier molecular flexibility index (Phi) is 4.04. The van der Waals surface area contributed by atoms with Gasteiger partial charge in [-0.25, -0.2) is 0 Å². The monoisotopic (exact) mass is 283 g/mol. The van der Waals surface area contributed by atoms with Gasteiger partial charge in [0, 0.05) is 15.9 Å². The molecule has 0 aromatic carbocycles. The van der Waals surface area contributed by atoms with E-state index in [1.165, 1.54) is 11.3 Å². The molecule has 0 saturated heterocycles. The quantitative estimate of drug-likeness (QED) is 0.885. The topological polar surface area (TPSA) is 49.3 Å². The highest BCUT2D eigenvalue weighted by molar-refractivity contribution is 7.27. The summed E-state index contributed by atoms with van der Waals surface area (Å²) in [6.07, 6.45) is 1.59. The molecule has 0 saturated carbocycles. The zero-order chi connectivity index (χ0) is 13.2. The average molecular weight is 283 g/mol. The number of nitrogens with one attached hydrogen (secondary N) is 1. The van der Waals surface area contributed by atoms with Crippen LogP contribution in [0.5, 0.6) is 0 Å². The van der Waals surface area contributed by atoms with Crippen molar-refractivity contribution in [3.8, 4) is 0 Å². The lowest BCUT2D eigenvalue weighted by molar-refractivity contribution is 0.0470. The van der Waals surface area contributed by atoms with Crippen LogP contribution in [0.3, 0.4) is 0 Å². The number of carbonyl (C=O) groups is 1. The van der Waals surface area contributed by atoms with Crippen molar-refractivity contribution in [2.45, 2.75) is 32.3 Å². The standard InChI is InChI=1S/C13H17NO2S2/c1-3-5-13(2,16)8-14-12(15)11-7-10-9(18-11)4-6-17-10/h4,6-7,16H,3,5,8H2,1-2H3,(H,14,15). The number of hydrogen-bond donors (Lipinski definition) is 2. The Bertz CT molecular complexity index is 513. The number of amides is 1. The van der Waals surface area contributed by atoms with E-state index in [0.29, 0.717) is 17.8 Å². The molecular formula is C13H17NO2S2. The molecule has 2 N–H and O–H groups in total. The maximum atomic E-state index is 12.0. The van der Waals surface area contributed by atoms with Gasteiger partial charge in [-0.1, -0.05) is 13.3 Å². The molecule has 0 fully saturated rings. The van der Waals surface area contributed by atoms with Gasteiger partial charge < -0.3 is 10.4 Å². The normalized spacial score (nSPS) is 14.6. The SMILES string of the molecule is CCCC(C)(O)CNC(=O)c1cc2sccc2s1. The number of rotatable bonds is 5. The first-order valence-electron chi connectivity index (χ1n) is 5.99. The van der Waals surface area contributed by atoms with Crippen molar-refractivity contribution >= 4 is 38.0 Å². The fourth-order valence-corrected chi connectivity index (χ4v) is 3.89. The highest BCUT2D eigenvalue weighted by Gasteiger charge is 2.20. The number of carbonyl (C=O) groups excluding carboxylic acids is 1. The predicted octanol–water partition coefficient (Wildman–Crippen LogP) is 3.24. The molecule has 1 atom stereocenters. The lowest BCUT2D eigenvalue weighted by Gasteiger charge is -2.22. The summed E-state index contributed by atoms with van der Waals surface area (Å²) in [5, 5.41) is 14.8. The molecule has 0 bridgehead atoms. The molecule has 1 amide bonds. The van der Waals surface area contributed by atoms with Gasteiger partial charge in [-0.05, 0) is 30.9 Å². The second-order valence-electron chi connectivity index (χ2n) is 4.69. The van der Waals surface area contributed by atoms with Crippen LogP contribution < -0.4 is 5.32 Å². The summed E-state index contributed by atoms with van der Waals surface area (Å²) in [4.78, 5) is 12.7. The van der Waals surface area contributed by atoms with Gasteiger partial charge in [0.2, 0.25) is 0 Å². The van der Waals surface area contributed by atoms with E-state index in [0.717, 1.165) is 15.8 Å². The molecule has 5 heteroatoms. The smallest absolute Gasteiger partial charge is 0.261 e. The van der Waals surface area contributed by atoms with E-state index in [-0.39, 0.29) is 5.91 Å². The Labute approximate surface area is 114 Å². The molecule has 0 aliphatic carbocycles. The van der Waals surface area contributed by atoms with E-state index in [2.05, 4.69) is 5.32 Å². The van der Waals surface area contributed by atoms with Crippen LogP contribution in [0.15, 0.2) is 17.5 Å². The number of hydrogen-bond acceptors (Lipinski definition) is 4. The summed E-state index contributed by atoms with van der Waals surface area (Å²) in [6.45, 7) is 4.07. The van der Waals surface area contributed by atoms with Crippen molar-refractivity contribution in [3.05, 3.63) is 22.4 Å². The number of thiophene rings is 2. The summed E-state index contributed by atoms with van der Waals surface area (Å²) in [6, 6.07) is 3.93. The van der Waals surface area contributed by atoms with E-state index in [1.54, 1.807) is 18.3 Å². The Balaban J connectivity index is 1.98. The van der Waals surface area contributed by atoms with E-state index < -0.39 is 5.60 Å². The Morgan fingerprint density at radius 1 is 1.50 bits per heavy atom. The van der Waals surface area contributed by atoms with Gasteiger partial charge in [-0.15, -0.1) is 22.7 Å². The largest absolute Gasteiger partial charge is 0.388 e. The fraction of sp³-hybridized carbons (Fsp3) is 0.462. The molecular weight excluding hydrogens is 266 g/mol. The van der Waals surface area contributed by atoms with E-state index in [4.69, 9.17) is 0 Å². The zero-order valence-electron chi connectivity index (χ0n) is 10.5. The Morgan fingerprint density at radius 3 is 2.94 bits per heavy atom. The van der Waals surface area contributed by atoms with Crippen molar-refractivity contribution in [3.63, 3.8) is 0 Å². The maximum absolute atomic E-state index is 12.0. The number of aliphatic hydroxyl groups is 1. The summed E-state index contributed by atoms with van der Waals surface area (Å²) < 4.78 is 2.29. The summed E-state index contributed by atoms with van der Waals surface area (Å²) in [5.74, 6) is -0.0974. The van der Waals surface area contributed by atoms with Crippen LogP contribution in [-0.2, 0) is 0 Å². The van der Waals surface area contributed by atoms with Gasteiger partial charge >= 0.3 is 0 Å². The average Bonchev–Trinajstić information content (AvgIpc) is 2.85. The van der Waals surface area contributed by atoms with Crippen LogP contribution in [0.25, 0.3) is 9.40 Å². The van der Waals surface area contributed by atoms with Crippen molar-refractivity contribution in [2.75, 3.05) is 6.54 Å². The van der Waals surface area contributed by atoms with E-state index >= 15 is 0 Å². The first-order valence-corrected chi connectivity index (χ1v) is 7.69. The molecule has 0 spiro atoms. The summed E-state index contributed by atoms with van der Waals surface area (Å²) in [5.41, 5.74) is -0.820. The fourth-order valence-electron chi connectivity index (χ4n) is 1.86. The second-order valence-corrected chi connectivity index (χ2v) is 6.72. The Morgan fingerprint density at radius 2 is 2.28 bits per heavy atom. The molecule has 2 aromatic rings. The third-order valence-electron chi connectivity index (χ3n) is 2.78. The van der Waals surface area contributed by atoms with Crippen LogP contribution in [0, 0.1) is 0 Å². The molecule has 0 aliphatic rings. The van der Waals surface area contributed by atoms with Crippen LogP contribution >= 0.6 is 22.7 Å². The van der Waals surface area contributed by atoms with Crippen LogP contribution in [0.4, 0.5) is 0 Å². The van der Waals surface area contributed by atoms with Gasteiger partial charge in [0.25, 0.3) is 5.91 Å². The molecule has 2 aromatic heterocycles.